The van der Waals surface area contributed by atoms with E-state index in [0.29, 0.717) is 25.8 Å². The first-order chi connectivity index (χ1) is 10.4. The molecule has 0 aliphatic carbocycles. The van der Waals surface area contributed by atoms with Gasteiger partial charge in [-0.05, 0) is 42.8 Å². The maximum absolute atomic E-state index is 13.6. The third kappa shape index (κ3) is 4.35. The van der Waals surface area contributed by atoms with Crippen LogP contribution in [0.1, 0.15) is 5.56 Å². The van der Waals surface area contributed by atoms with Gasteiger partial charge >= 0.3 is 0 Å². The molecule has 2 aromatic rings. The van der Waals surface area contributed by atoms with E-state index in [-0.39, 0.29) is 12.3 Å². The van der Waals surface area contributed by atoms with Crippen LogP contribution in [0, 0.1) is 12.7 Å². The highest BCUT2D eigenvalue weighted by atomic mass is 79.9. The molecule has 0 bridgehead atoms. The second kappa shape index (κ2) is 7.31. The molecule has 22 heavy (non-hydrogen) atoms. The summed E-state index contributed by atoms with van der Waals surface area (Å²) in [6.07, 6.45) is 0. The fourth-order valence-electron chi connectivity index (χ4n) is 1.79. The Labute approximate surface area is 145 Å². The normalized spacial score (nSPS) is 10.4. The quantitative estimate of drug-likeness (QED) is 0.755. The number of anilines is 1. The van der Waals surface area contributed by atoms with Crippen molar-refractivity contribution in [3.63, 3.8) is 0 Å². The molecule has 1 N–H and O–H groups in total. The Kier molecular flexibility index (Phi) is 5.67. The molecule has 0 fully saturated rings. The van der Waals surface area contributed by atoms with Crippen LogP contribution in [0.4, 0.5) is 10.1 Å². The van der Waals surface area contributed by atoms with Gasteiger partial charge < -0.3 is 10.1 Å². The fraction of sp³-hybridized carbons (Fsp3) is 0.133. The van der Waals surface area contributed by atoms with Gasteiger partial charge in [0.05, 0.1) is 10.7 Å². The molecular weight excluding hydrogens is 396 g/mol. The van der Waals surface area contributed by atoms with Gasteiger partial charge in [-0.3, -0.25) is 4.79 Å². The summed E-state index contributed by atoms with van der Waals surface area (Å²) in [6, 6.07) is 7.54. The Balaban J connectivity index is 2.02. The Hall–Kier alpha value is -1.30. The SMILES string of the molecule is Cc1cc(Cl)cc(Cl)c1OCC(=O)Nc1ccc(Br)cc1F. The molecule has 116 valence electrons. The Morgan fingerprint density at radius 2 is 2.05 bits per heavy atom. The van der Waals surface area contributed by atoms with Gasteiger partial charge in [0.15, 0.2) is 6.61 Å². The molecule has 0 aliphatic heterocycles. The number of carbonyl (C=O) groups excluding carboxylic acids is 1. The van der Waals surface area contributed by atoms with Crippen molar-refractivity contribution in [2.45, 2.75) is 6.92 Å². The van der Waals surface area contributed by atoms with E-state index in [1.54, 1.807) is 19.1 Å². The lowest BCUT2D eigenvalue weighted by atomic mass is 10.2. The van der Waals surface area contributed by atoms with Crippen LogP contribution in [0.2, 0.25) is 10.0 Å². The van der Waals surface area contributed by atoms with Crippen molar-refractivity contribution in [2.24, 2.45) is 0 Å². The minimum Gasteiger partial charge on any atom is -0.482 e. The van der Waals surface area contributed by atoms with Crippen LogP contribution >= 0.6 is 39.1 Å². The molecule has 7 heteroatoms. The minimum atomic E-state index is -0.538. The van der Waals surface area contributed by atoms with E-state index in [9.17, 15) is 9.18 Å². The average molecular weight is 407 g/mol. The number of amides is 1. The molecule has 0 saturated heterocycles. The largest absolute Gasteiger partial charge is 0.482 e. The summed E-state index contributed by atoms with van der Waals surface area (Å²) in [4.78, 5) is 11.8. The predicted molar refractivity (Wildman–Crippen MR) is 89.4 cm³/mol. The van der Waals surface area contributed by atoms with Crippen molar-refractivity contribution in [2.75, 3.05) is 11.9 Å². The molecule has 0 atom stereocenters. The molecular formula is C15H11BrCl2FNO2. The fourth-order valence-corrected chi connectivity index (χ4v) is 2.77. The zero-order chi connectivity index (χ0) is 16.3. The number of hydrogen-bond donors (Lipinski definition) is 1. The first-order valence-corrected chi connectivity index (χ1v) is 7.75. The van der Waals surface area contributed by atoms with E-state index in [1.807, 2.05) is 0 Å². The number of aryl methyl sites for hydroxylation is 1. The molecule has 0 saturated carbocycles. The van der Waals surface area contributed by atoms with Crippen molar-refractivity contribution in [1.29, 1.82) is 0 Å². The van der Waals surface area contributed by atoms with Crippen LogP contribution in [0.5, 0.6) is 5.75 Å². The molecule has 0 unspecified atom stereocenters. The topological polar surface area (TPSA) is 38.3 Å². The first-order valence-electron chi connectivity index (χ1n) is 6.20. The average Bonchev–Trinajstić information content (AvgIpc) is 2.40. The maximum atomic E-state index is 13.6. The molecule has 3 nitrogen and oxygen atoms in total. The summed E-state index contributed by atoms with van der Waals surface area (Å²) in [7, 11) is 0. The summed E-state index contributed by atoms with van der Waals surface area (Å²) in [6.45, 7) is 1.47. The molecule has 1 amide bonds. The van der Waals surface area contributed by atoms with Gasteiger partial charge in [0.2, 0.25) is 0 Å². The molecule has 0 aliphatic rings. The van der Waals surface area contributed by atoms with Crippen molar-refractivity contribution in [3.05, 3.63) is 56.2 Å². The lowest BCUT2D eigenvalue weighted by molar-refractivity contribution is -0.118. The van der Waals surface area contributed by atoms with Crippen molar-refractivity contribution in [3.8, 4) is 5.75 Å². The van der Waals surface area contributed by atoms with E-state index < -0.39 is 11.7 Å². The Bertz CT molecular complexity index is 702. The van der Waals surface area contributed by atoms with E-state index in [1.165, 1.54) is 18.2 Å². The van der Waals surface area contributed by atoms with Crippen molar-refractivity contribution < 1.29 is 13.9 Å². The molecule has 0 radical (unpaired) electrons. The van der Waals surface area contributed by atoms with Crippen molar-refractivity contribution >= 4 is 50.7 Å². The van der Waals surface area contributed by atoms with Crippen molar-refractivity contribution in [1.82, 2.24) is 0 Å². The van der Waals surface area contributed by atoms with E-state index >= 15 is 0 Å². The highest BCUT2D eigenvalue weighted by Crippen LogP contribution is 2.31. The van der Waals surface area contributed by atoms with E-state index in [0.717, 1.165) is 0 Å². The van der Waals surface area contributed by atoms with E-state index in [4.69, 9.17) is 27.9 Å². The second-order valence-electron chi connectivity index (χ2n) is 4.49. The number of hydrogen-bond acceptors (Lipinski definition) is 2. The second-order valence-corrected chi connectivity index (χ2v) is 6.25. The summed E-state index contributed by atoms with van der Waals surface area (Å²) in [5, 5.41) is 3.22. The third-order valence-electron chi connectivity index (χ3n) is 2.75. The summed E-state index contributed by atoms with van der Waals surface area (Å²) < 4.78 is 19.6. The van der Waals surface area contributed by atoms with Gasteiger partial charge in [-0.1, -0.05) is 39.1 Å². The number of halogens is 4. The molecule has 0 aromatic heterocycles. The van der Waals surface area contributed by atoms with Gasteiger partial charge in [0, 0.05) is 9.50 Å². The van der Waals surface area contributed by atoms with Crippen LogP contribution in [0.25, 0.3) is 0 Å². The molecule has 2 rings (SSSR count). The monoisotopic (exact) mass is 405 g/mol. The highest BCUT2D eigenvalue weighted by molar-refractivity contribution is 9.10. The van der Waals surface area contributed by atoms with Crippen LogP contribution in [0.3, 0.4) is 0 Å². The zero-order valence-electron chi connectivity index (χ0n) is 11.4. The van der Waals surface area contributed by atoms with Gasteiger partial charge in [0.1, 0.15) is 11.6 Å². The molecule has 2 aromatic carbocycles. The van der Waals surface area contributed by atoms with Crippen LogP contribution in [0.15, 0.2) is 34.8 Å². The van der Waals surface area contributed by atoms with Crippen LogP contribution < -0.4 is 10.1 Å². The summed E-state index contributed by atoms with van der Waals surface area (Å²) >= 11 is 15.0. The highest BCUT2D eigenvalue weighted by Gasteiger charge is 2.12. The number of carbonyl (C=O) groups is 1. The zero-order valence-corrected chi connectivity index (χ0v) is 14.5. The summed E-state index contributed by atoms with van der Waals surface area (Å²) in [5.41, 5.74) is 0.788. The van der Waals surface area contributed by atoms with Gasteiger partial charge in [-0.2, -0.15) is 0 Å². The van der Waals surface area contributed by atoms with Crippen LogP contribution in [-0.2, 0) is 4.79 Å². The van der Waals surface area contributed by atoms with E-state index in [2.05, 4.69) is 21.2 Å². The lowest BCUT2D eigenvalue weighted by Gasteiger charge is -2.12. The van der Waals surface area contributed by atoms with Crippen LogP contribution in [-0.4, -0.2) is 12.5 Å². The summed E-state index contributed by atoms with van der Waals surface area (Å²) in [5.74, 6) is -0.660. The Morgan fingerprint density at radius 3 is 2.68 bits per heavy atom. The molecule has 0 spiro atoms. The predicted octanol–water partition coefficient (Wildman–Crippen LogP) is 5.22. The number of ether oxygens (including phenoxy) is 1. The first kappa shape index (κ1) is 17.1. The Morgan fingerprint density at radius 1 is 1.32 bits per heavy atom. The lowest BCUT2D eigenvalue weighted by Crippen LogP contribution is -2.21. The third-order valence-corrected chi connectivity index (χ3v) is 3.74. The number of benzene rings is 2. The number of rotatable bonds is 4. The maximum Gasteiger partial charge on any atom is 0.262 e. The number of nitrogens with one attached hydrogen (secondary N) is 1. The van der Waals surface area contributed by atoms with Gasteiger partial charge in [-0.25, -0.2) is 4.39 Å². The smallest absolute Gasteiger partial charge is 0.262 e. The molecule has 0 heterocycles. The van der Waals surface area contributed by atoms with Gasteiger partial charge in [-0.15, -0.1) is 0 Å². The van der Waals surface area contributed by atoms with Gasteiger partial charge in [0.25, 0.3) is 5.91 Å². The standard InChI is InChI=1S/C15H11BrCl2FNO2/c1-8-4-10(17)6-11(18)15(8)22-7-14(21)20-13-3-2-9(16)5-12(13)19/h2-6H,7H2,1H3,(H,20,21). The minimum absolute atomic E-state index is 0.0794.